The Labute approximate surface area is 131 Å². The van der Waals surface area contributed by atoms with Gasteiger partial charge in [-0.3, -0.25) is 14.9 Å². The average molecular weight is 304 g/mol. The number of amides is 2. The Hall–Kier alpha value is -1.88. The number of imide groups is 1. The highest BCUT2D eigenvalue weighted by atomic mass is 16.5. The van der Waals surface area contributed by atoms with E-state index in [1.807, 2.05) is 12.1 Å². The van der Waals surface area contributed by atoms with Crippen LogP contribution in [0.3, 0.4) is 0 Å². The van der Waals surface area contributed by atoms with Gasteiger partial charge in [-0.15, -0.1) is 0 Å². The molecule has 5 heteroatoms. The zero-order valence-corrected chi connectivity index (χ0v) is 13.0. The van der Waals surface area contributed by atoms with Crippen LogP contribution in [0.2, 0.25) is 0 Å². The molecule has 0 bridgehead atoms. The van der Waals surface area contributed by atoms with E-state index in [-0.39, 0.29) is 11.8 Å². The van der Waals surface area contributed by atoms with Crippen molar-refractivity contribution in [2.75, 3.05) is 13.1 Å². The molecule has 1 aliphatic heterocycles. The summed E-state index contributed by atoms with van der Waals surface area (Å²) in [6.45, 7) is 4.11. The molecule has 1 unspecified atom stereocenters. The summed E-state index contributed by atoms with van der Waals surface area (Å²) in [6, 6.07) is 8.11. The van der Waals surface area contributed by atoms with Crippen molar-refractivity contribution in [1.82, 2.24) is 10.6 Å². The van der Waals surface area contributed by atoms with Gasteiger partial charge < -0.3 is 10.1 Å². The lowest BCUT2D eigenvalue weighted by atomic mass is 9.96. The van der Waals surface area contributed by atoms with E-state index in [4.69, 9.17) is 4.74 Å². The van der Waals surface area contributed by atoms with E-state index in [1.165, 1.54) is 5.56 Å². The van der Waals surface area contributed by atoms with Crippen LogP contribution >= 0.6 is 0 Å². The van der Waals surface area contributed by atoms with Gasteiger partial charge >= 0.3 is 0 Å². The molecule has 0 aliphatic carbocycles. The third kappa shape index (κ3) is 5.15. The standard InChI is InChI=1S/C17H24N2O3/c1-13(2-7-17(21)19-12-20)14-3-5-15(6-4-14)22-16-8-10-18-11-9-16/h3-6,12-13,16,18H,2,7-11H2,1H3,(H,19,20,21). The Balaban J connectivity index is 1.82. The van der Waals surface area contributed by atoms with Crippen LogP contribution in [-0.4, -0.2) is 31.5 Å². The van der Waals surface area contributed by atoms with Crippen molar-refractivity contribution in [2.24, 2.45) is 0 Å². The Bertz CT molecular complexity index is 481. The normalized spacial score (nSPS) is 16.8. The number of hydrogen-bond donors (Lipinski definition) is 2. The van der Waals surface area contributed by atoms with Crippen molar-refractivity contribution in [3.63, 3.8) is 0 Å². The lowest BCUT2D eigenvalue weighted by Gasteiger charge is -2.24. The van der Waals surface area contributed by atoms with Gasteiger partial charge in [-0.2, -0.15) is 0 Å². The van der Waals surface area contributed by atoms with Crippen LogP contribution in [-0.2, 0) is 9.59 Å². The SMILES string of the molecule is CC(CCC(=O)NC=O)c1ccc(OC2CCNCC2)cc1. The number of piperidine rings is 1. The minimum Gasteiger partial charge on any atom is -0.490 e. The molecule has 2 rings (SSSR count). The van der Waals surface area contributed by atoms with Crippen molar-refractivity contribution >= 4 is 12.3 Å². The van der Waals surface area contributed by atoms with Gasteiger partial charge in [0.15, 0.2) is 0 Å². The minimum atomic E-state index is -0.229. The van der Waals surface area contributed by atoms with Crippen LogP contribution in [0.15, 0.2) is 24.3 Å². The number of hydrogen-bond acceptors (Lipinski definition) is 4. The van der Waals surface area contributed by atoms with Crippen LogP contribution in [0.5, 0.6) is 5.75 Å². The molecule has 1 heterocycles. The Morgan fingerprint density at radius 2 is 2.05 bits per heavy atom. The monoisotopic (exact) mass is 304 g/mol. The molecular weight excluding hydrogens is 280 g/mol. The fourth-order valence-corrected chi connectivity index (χ4v) is 2.63. The molecule has 1 saturated heterocycles. The van der Waals surface area contributed by atoms with Gasteiger partial charge in [-0.1, -0.05) is 19.1 Å². The summed E-state index contributed by atoms with van der Waals surface area (Å²) < 4.78 is 5.98. The van der Waals surface area contributed by atoms with E-state index >= 15 is 0 Å². The van der Waals surface area contributed by atoms with Gasteiger partial charge in [0.1, 0.15) is 11.9 Å². The molecule has 1 fully saturated rings. The Morgan fingerprint density at radius 1 is 1.36 bits per heavy atom. The number of benzene rings is 1. The smallest absolute Gasteiger partial charge is 0.226 e. The van der Waals surface area contributed by atoms with Gasteiger partial charge in [0, 0.05) is 6.42 Å². The maximum absolute atomic E-state index is 11.3. The van der Waals surface area contributed by atoms with Crippen molar-refractivity contribution in [1.29, 1.82) is 0 Å². The van der Waals surface area contributed by atoms with E-state index in [0.717, 1.165) is 31.7 Å². The van der Waals surface area contributed by atoms with Crippen LogP contribution in [0.4, 0.5) is 0 Å². The van der Waals surface area contributed by atoms with Gasteiger partial charge in [-0.05, 0) is 56.0 Å². The molecule has 2 amide bonds. The molecular formula is C17H24N2O3. The summed E-state index contributed by atoms with van der Waals surface area (Å²) in [5, 5.41) is 5.48. The Morgan fingerprint density at radius 3 is 2.68 bits per heavy atom. The van der Waals surface area contributed by atoms with E-state index in [1.54, 1.807) is 0 Å². The molecule has 1 aliphatic rings. The first-order chi connectivity index (χ1) is 10.7. The van der Waals surface area contributed by atoms with Crippen LogP contribution in [0.25, 0.3) is 0 Å². The number of ether oxygens (including phenoxy) is 1. The third-order valence-corrected chi connectivity index (χ3v) is 4.06. The second-order valence-electron chi connectivity index (χ2n) is 5.76. The molecule has 1 aromatic carbocycles. The van der Waals surface area contributed by atoms with Crippen LogP contribution < -0.4 is 15.4 Å². The average Bonchev–Trinajstić information content (AvgIpc) is 2.54. The van der Waals surface area contributed by atoms with Crippen molar-refractivity contribution in [3.05, 3.63) is 29.8 Å². The highest BCUT2D eigenvalue weighted by Gasteiger charge is 2.14. The summed E-state index contributed by atoms with van der Waals surface area (Å²) in [6.07, 6.45) is 3.89. The maximum atomic E-state index is 11.3. The molecule has 0 spiro atoms. The first-order valence-electron chi connectivity index (χ1n) is 7.89. The Kier molecular flexibility index (Phi) is 6.40. The molecule has 0 saturated carbocycles. The highest BCUT2D eigenvalue weighted by molar-refractivity contribution is 5.85. The third-order valence-electron chi connectivity index (χ3n) is 4.06. The molecule has 0 aromatic heterocycles. The molecule has 2 N–H and O–H groups in total. The number of rotatable bonds is 7. The van der Waals surface area contributed by atoms with Crippen LogP contribution in [0.1, 0.15) is 44.1 Å². The van der Waals surface area contributed by atoms with E-state index < -0.39 is 0 Å². The van der Waals surface area contributed by atoms with Crippen molar-refractivity contribution in [2.45, 2.75) is 44.6 Å². The first-order valence-corrected chi connectivity index (χ1v) is 7.89. The molecule has 22 heavy (non-hydrogen) atoms. The van der Waals surface area contributed by atoms with E-state index in [0.29, 0.717) is 25.4 Å². The second kappa shape index (κ2) is 8.54. The van der Waals surface area contributed by atoms with Crippen molar-refractivity contribution in [3.8, 4) is 5.75 Å². The lowest BCUT2D eigenvalue weighted by molar-refractivity contribution is -0.125. The molecule has 0 radical (unpaired) electrons. The second-order valence-corrected chi connectivity index (χ2v) is 5.76. The number of nitrogens with one attached hydrogen (secondary N) is 2. The summed E-state index contributed by atoms with van der Waals surface area (Å²) in [7, 11) is 0. The first kappa shape index (κ1) is 16.5. The number of carbonyl (C=O) groups is 2. The van der Waals surface area contributed by atoms with E-state index in [9.17, 15) is 9.59 Å². The number of carbonyl (C=O) groups excluding carboxylic acids is 2. The summed E-state index contributed by atoms with van der Waals surface area (Å²) in [4.78, 5) is 21.5. The summed E-state index contributed by atoms with van der Waals surface area (Å²) in [5.41, 5.74) is 1.18. The molecule has 1 atom stereocenters. The van der Waals surface area contributed by atoms with Gasteiger partial charge in [0.25, 0.3) is 0 Å². The van der Waals surface area contributed by atoms with Crippen molar-refractivity contribution < 1.29 is 14.3 Å². The highest BCUT2D eigenvalue weighted by Crippen LogP contribution is 2.24. The van der Waals surface area contributed by atoms with E-state index in [2.05, 4.69) is 29.7 Å². The predicted octanol–water partition coefficient (Wildman–Crippen LogP) is 1.97. The quantitative estimate of drug-likeness (QED) is 0.756. The minimum absolute atomic E-state index is 0.229. The molecule has 5 nitrogen and oxygen atoms in total. The fourth-order valence-electron chi connectivity index (χ4n) is 2.63. The largest absolute Gasteiger partial charge is 0.490 e. The predicted molar refractivity (Wildman–Crippen MR) is 84.8 cm³/mol. The van der Waals surface area contributed by atoms with Gasteiger partial charge in [0.05, 0.1) is 0 Å². The summed E-state index contributed by atoms with van der Waals surface area (Å²) >= 11 is 0. The zero-order chi connectivity index (χ0) is 15.8. The van der Waals surface area contributed by atoms with Gasteiger partial charge in [0.2, 0.25) is 12.3 Å². The fraction of sp³-hybridized carbons (Fsp3) is 0.529. The molecule has 1 aromatic rings. The summed E-state index contributed by atoms with van der Waals surface area (Å²) in [5.74, 6) is 0.944. The van der Waals surface area contributed by atoms with Gasteiger partial charge in [-0.25, -0.2) is 0 Å². The topological polar surface area (TPSA) is 67.4 Å². The maximum Gasteiger partial charge on any atom is 0.226 e. The molecule has 120 valence electrons. The lowest BCUT2D eigenvalue weighted by Crippen LogP contribution is -2.34. The zero-order valence-electron chi connectivity index (χ0n) is 13.0. The van der Waals surface area contributed by atoms with Crippen LogP contribution in [0, 0.1) is 0 Å².